The van der Waals surface area contributed by atoms with Crippen LogP contribution in [0.4, 0.5) is 0 Å². The van der Waals surface area contributed by atoms with Gasteiger partial charge in [0.25, 0.3) is 0 Å². The summed E-state index contributed by atoms with van der Waals surface area (Å²) >= 11 is 7.63. The second-order valence-electron chi connectivity index (χ2n) is 4.94. The average molecular weight is 353 g/mol. The molecule has 4 heterocycles. The number of fused-ring (bicyclic) bond motifs is 1. The van der Waals surface area contributed by atoms with Crippen LogP contribution < -0.4 is 0 Å². The molecule has 24 heavy (non-hydrogen) atoms. The summed E-state index contributed by atoms with van der Waals surface area (Å²) in [6.07, 6.45) is 8.65. The smallest absolute Gasteiger partial charge is 0.119 e. The zero-order valence-corrected chi connectivity index (χ0v) is 13.7. The number of nitriles is 1. The van der Waals surface area contributed by atoms with Crippen LogP contribution in [-0.2, 0) is 0 Å². The molecule has 0 aliphatic heterocycles. The van der Waals surface area contributed by atoms with Gasteiger partial charge in [0, 0.05) is 34.6 Å². The van der Waals surface area contributed by atoms with Crippen LogP contribution in [0, 0.1) is 11.3 Å². The highest BCUT2D eigenvalue weighted by atomic mass is 35.5. The van der Waals surface area contributed by atoms with E-state index < -0.39 is 0 Å². The van der Waals surface area contributed by atoms with E-state index in [1.165, 1.54) is 11.8 Å². The third-order valence-electron chi connectivity index (χ3n) is 3.46. The van der Waals surface area contributed by atoms with Gasteiger partial charge in [-0.2, -0.15) is 15.5 Å². The third-order valence-corrected chi connectivity index (χ3v) is 4.93. The zero-order chi connectivity index (χ0) is 16.5. The Labute approximate surface area is 146 Å². The summed E-state index contributed by atoms with van der Waals surface area (Å²) in [5, 5.41) is 21.7. The molecule has 0 spiro atoms. The van der Waals surface area contributed by atoms with Crippen LogP contribution in [0.1, 0.15) is 5.56 Å². The van der Waals surface area contributed by atoms with E-state index in [0.717, 1.165) is 21.5 Å². The van der Waals surface area contributed by atoms with Gasteiger partial charge in [-0.1, -0.05) is 23.4 Å². The largest absolute Gasteiger partial charge is 0.285 e. The van der Waals surface area contributed by atoms with Crippen molar-refractivity contribution in [3.63, 3.8) is 0 Å². The SMILES string of the molecule is N#Cc1cnn2cc(-c3cn[nH]c3)cc(Sc3ncccc3Cl)c12. The normalized spacial score (nSPS) is 10.8. The molecule has 4 aromatic heterocycles. The van der Waals surface area contributed by atoms with E-state index in [1.54, 1.807) is 41.4 Å². The Balaban J connectivity index is 1.93. The summed E-state index contributed by atoms with van der Waals surface area (Å²) in [5.74, 6) is 0. The van der Waals surface area contributed by atoms with Gasteiger partial charge in [0.1, 0.15) is 11.1 Å². The number of hydrogen-bond acceptors (Lipinski definition) is 5. The molecule has 0 atom stereocenters. The lowest BCUT2D eigenvalue weighted by atomic mass is 10.1. The van der Waals surface area contributed by atoms with Crippen molar-refractivity contribution < 1.29 is 0 Å². The first-order valence-electron chi connectivity index (χ1n) is 6.95. The van der Waals surface area contributed by atoms with Crippen molar-refractivity contribution in [1.29, 1.82) is 5.26 Å². The van der Waals surface area contributed by atoms with Crippen molar-refractivity contribution in [3.05, 3.63) is 59.8 Å². The van der Waals surface area contributed by atoms with Gasteiger partial charge >= 0.3 is 0 Å². The van der Waals surface area contributed by atoms with Crippen LogP contribution >= 0.6 is 23.4 Å². The topological polar surface area (TPSA) is 82.7 Å². The molecule has 0 aliphatic rings. The molecule has 0 aromatic carbocycles. The van der Waals surface area contributed by atoms with E-state index in [4.69, 9.17) is 11.6 Å². The van der Waals surface area contributed by atoms with Gasteiger partial charge in [0.15, 0.2) is 0 Å². The van der Waals surface area contributed by atoms with Crippen molar-refractivity contribution in [2.75, 3.05) is 0 Å². The Bertz CT molecular complexity index is 1060. The summed E-state index contributed by atoms with van der Waals surface area (Å²) in [6.45, 7) is 0. The van der Waals surface area contributed by atoms with Crippen LogP contribution in [0.2, 0.25) is 5.02 Å². The minimum Gasteiger partial charge on any atom is -0.285 e. The first-order valence-corrected chi connectivity index (χ1v) is 8.14. The van der Waals surface area contributed by atoms with Crippen LogP contribution in [0.3, 0.4) is 0 Å². The summed E-state index contributed by atoms with van der Waals surface area (Å²) < 4.78 is 1.69. The molecule has 6 nitrogen and oxygen atoms in total. The minimum absolute atomic E-state index is 0.503. The maximum Gasteiger partial charge on any atom is 0.119 e. The average Bonchev–Trinajstić information content (AvgIpc) is 3.26. The third kappa shape index (κ3) is 2.52. The summed E-state index contributed by atoms with van der Waals surface area (Å²) in [6, 6.07) is 7.73. The second kappa shape index (κ2) is 6.00. The highest BCUT2D eigenvalue weighted by molar-refractivity contribution is 7.99. The van der Waals surface area contributed by atoms with Crippen LogP contribution in [-0.4, -0.2) is 24.8 Å². The van der Waals surface area contributed by atoms with Crippen LogP contribution in [0.25, 0.3) is 16.6 Å². The molecule has 4 rings (SSSR count). The van der Waals surface area contributed by atoms with Crippen LogP contribution in [0.5, 0.6) is 0 Å². The zero-order valence-electron chi connectivity index (χ0n) is 12.1. The number of aromatic nitrogens is 5. The maximum atomic E-state index is 9.35. The van der Waals surface area contributed by atoms with E-state index in [2.05, 4.69) is 26.3 Å². The molecule has 0 fully saturated rings. The van der Waals surface area contributed by atoms with Crippen LogP contribution in [0.15, 0.2) is 59.1 Å². The van der Waals surface area contributed by atoms with Gasteiger partial charge in [-0.15, -0.1) is 0 Å². The predicted molar refractivity (Wildman–Crippen MR) is 90.9 cm³/mol. The predicted octanol–water partition coefficient (Wildman–Crippen LogP) is 3.80. The van der Waals surface area contributed by atoms with E-state index >= 15 is 0 Å². The lowest BCUT2D eigenvalue weighted by Gasteiger charge is -2.08. The van der Waals surface area contributed by atoms with E-state index in [1.807, 2.05) is 12.3 Å². The van der Waals surface area contributed by atoms with E-state index in [9.17, 15) is 5.26 Å². The van der Waals surface area contributed by atoms with Gasteiger partial charge in [0.2, 0.25) is 0 Å². The molecule has 0 unspecified atom stereocenters. The number of nitrogens with one attached hydrogen (secondary N) is 1. The van der Waals surface area contributed by atoms with Crippen molar-refractivity contribution in [2.24, 2.45) is 0 Å². The van der Waals surface area contributed by atoms with Crippen molar-refractivity contribution in [2.45, 2.75) is 9.92 Å². The number of nitrogens with zero attached hydrogens (tertiary/aromatic N) is 5. The molecule has 4 aromatic rings. The number of halogens is 1. The number of aromatic amines is 1. The molecule has 0 amide bonds. The molecule has 0 radical (unpaired) electrons. The van der Waals surface area contributed by atoms with Gasteiger partial charge < -0.3 is 0 Å². The molecular formula is C16H9ClN6S. The van der Waals surface area contributed by atoms with E-state index in [-0.39, 0.29) is 0 Å². The Kier molecular flexibility index (Phi) is 3.69. The standard InChI is InChI=1S/C16H9ClN6S/c17-13-2-1-3-19-16(13)24-14-4-10(12-6-20-21-7-12)9-23-15(14)11(5-18)8-22-23/h1-4,6-9H,(H,20,21). The Morgan fingerprint density at radius 1 is 1.29 bits per heavy atom. The quantitative estimate of drug-likeness (QED) is 0.606. The number of hydrogen-bond donors (Lipinski definition) is 1. The molecule has 116 valence electrons. The molecule has 0 aliphatic carbocycles. The van der Waals surface area contributed by atoms with Gasteiger partial charge in [-0.05, 0) is 18.2 Å². The highest BCUT2D eigenvalue weighted by Gasteiger charge is 2.15. The first kappa shape index (κ1) is 14.8. The minimum atomic E-state index is 0.503. The molecule has 0 saturated carbocycles. The van der Waals surface area contributed by atoms with Gasteiger partial charge in [-0.3, -0.25) is 5.10 Å². The van der Waals surface area contributed by atoms with Crippen molar-refractivity contribution in [3.8, 4) is 17.2 Å². The first-order chi connectivity index (χ1) is 11.8. The fourth-order valence-electron chi connectivity index (χ4n) is 2.36. The second-order valence-corrected chi connectivity index (χ2v) is 6.37. The lowest BCUT2D eigenvalue weighted by molar-refractivity contribution is 0.951. The Morgan fingerprint density at radius 2 is 2.21 bits per heavy atom. The summed E-state index contributed by atoms with van der Waals surface area (Å²) in [5.41, 5.74) is 3.10. The molecule has 1 N–H and O–H groups in total. The number of H-pyrrole nitrogens is 1. The van der Waals surface area contributed by atoms with Gasteiger partial charge in [-0.25, -0.2) is 9.50 Å². The number of rotatable bonds is 3. The molecule has 0 bridgehead atoms. The Hall–Kier alpha value is -2.82. The molecular weight excluding hydrogens is 344 g/mol. The summed E-state index contributed by atoms with van der Waals surface area (Å²) in [4.78, 5) is 5.16. The van der Waals surface area contributed by atoms with Crippen molar-refractivity contribution in [1.82, 2.24) is 24.8 Å². The van der Waals surface area contributed by atoms with Gasteiger partial charge in [0.05, 0.1) is 28.5 Å². The molecule has 8 heteroatoms. The fraction of sp³-hybridized carbons (Fsp3) is 0. The summed E-state index contributed by atoms with van der Waals surface area (Å²) in [7, 11) is 0. The molecule has 0 saturated heterocycles. The lowest BCUT2D eigenvalue weighted by Crippen LogP contribution is -1.92. The Morgan fingerprint density at radius 3 is 2.96 bits per heavy atom. The number of pyridine rings is 2. The fourth-order valence-corrected chi connectivity index (χ4v) is 3.57. The van der Waals surface area contributed by atoms with E-state index in [0.29, 0.717) is 15.6 Å². The monoisotopic (exact) mass is 352 g/mol. The highest BCUT2D eigenvalue weighted by Crippen LogP contribution is 2.37. The maximum absolute atomic E-state index is 9.35. The van der Waals surface area contributed by atoms with Crippen molar-refractivity contribution >= 4 is 28.9 Å².